The Labute approximate surface area is 206 Å². The first-order valence-electron chi connectivity index (χ1n) is 10.3. The van der Waals surface area contributed by atoms with Crippen molar-refractivity contribution in [2.24, 2.45) is 7.05 Å². The van der Waals surface area contributed by atoms with Gasteiger partial charge in [-0.25, -0.2) is 9.37 Å². The monoisotopic (exact) mass is 528 g/mol. The van der Waals surface area contributed by atoms with E-state index in [0.717, 1.165) is 29.1 Å². The first kappa shape index (κ1) is 25.0. The highest BCUT2D eigenvalue weighted by Crippen LogP contribution is 2.44. The van der Waals surface area contributed by atoms with E-state index in [1.54, 1.807) is 0 Å². The summed E-state index contributed by atoms with van der Waals surface area (Å²) in [7, 11) is 1.36. The van der Waals surface area contributed by atoms with Gasteiger partial charge in [0.1, 0.15) is 5.82 Å². The van der Waals surface area contributed by atoms with Crippen LogP contribution in [0.2, 0.25) is 10.0 Å². The number of likely N-dealkylation sites (tertiary alicyclic amines) is 1. The van der Waals surface area contributed by atoms with Crippen molar-refractivity contribution in [3.05, 3.63) is 80.6 Å². The highest BCUT2D eigenvalue weighted by Gasteiger charge is 2.45. The van der Waals surface area contributed by atoms with Gasteiger partial charge in [-0.1, -0.05) is 29.8 Å². The molecule has 1 aliphatic rings. The maximum atomic E-state index is 15.1. The van der Waals surface area contributed by atoms with Crippen molar-refractivity contribution in [1.82, 2.24) is 14.5 Å². The van der Waals surface area contributed by atoms with Gasteiger partial charge in [0.15, 0.2) is 0 Å². The van der Waals surface area contributed by atoms with Gasteiger partial charge in [0.05, 0.1) is 38.4 Å². The van der Waals surface area contributed by atoms with E-state index in [1.807, 2.05) is 0 Å². The summed E-state index contributed by atoms with van der Waals surface area (Å²) < 4.78 is 57.9. The quantitative estimate of drug-likeness (QED) is 0.290. The van der Waals surface area contributed by atoms with E-state index >= 15 is 4.39 Å². The summed E-state index contributed by atoms with van der Waals surface area (Å²) in [5.41, 5.74) is -4.02. The van der Waals surface area contributed by atoms with E-state index in [2.05, 4.69) is 16.9 Å². The van der Waals surface area contributed by atoms with Crippen LogP contribution in [0.5, 0.6) is 0 Å². The molecule has 0 radical (unpaired) electrons. The third-order valence-electron chi connectivity index (χ3n) is 5.99. The lowest BCUT2D eigenvalue weighted by molar-refractivity contribution is -0.136. The maximum absolute atomic E-state index is 15.1. The summed E-state index contributed by atoms with van der Waals surface area (Å²) in [5.74, 6) is -1.20. The molecule has 3 aromatic rings. The molecule has 6 nitrogen and oxygen atoms in total. The molecule has 0 bridgehead atoms. The van der Waals surface area contributed by atoms with Gasteiger partial charge in [-0.3, -0.25) is 9.59 Å². The zero-order chi connectivity index (χ0) is 25.7. The van der Waals surface area contributed by atoms with Gasteiger partial charge in [0.25, 0.3) is 5.56 Å². The number of nitrogens with zero attached hydrogens (tertiary/aromatic N) is 3. The average molecular weight is 529 g/mol. The third kappa shape index (κ3) is 4.36. The number of fused-ring (bicyclic) bond motifs is 1. The summed E-state index contributed by atoms with van der Waals surface area (Å²) in [4.78, 5) is 30.1. The Morgan fingerprint density at radius 3 is 2.66 bits per heavy atom. The van der Waals surface area contributed by atoms with E-state index < -0.39 is 40.1 Å². The zero-order valence-electron chi connectivity index (χ0n) is 18.2. The molecule has 1 N–H and O–H groups in total. The number of aromatic nitrogens is 2. The van der Waals surface area contributed by atoms with Crippen molar-refractivity contribution in [3.63, 3.8) is 0 Å². The van der Waals surface area contributed by atoms with Gasteiger partial charge in [0.2, 0.25) is 5.91 Å². The Bertz CT molecular complexity index is 1420. The van der Waals surface area contributed by atoms with E-state index in [4.69, 9.17) is 23.2 Å². The smallest absolute Gasteiger partial charge is 0.374 e. The molecule has 1 amide bonds. The van der Waals surface area contributed by atoms with Crippen LogP contribution in [0, 0.1) is 5.82 Å². The predicted octanol–water partition coefficient (Wildman–Crippen LogP) is 5.12. The van der Waals surface area contributed by atoms with Gasteiger partial charge in [0, 0.05) is 31.4 Å². The maximum Gasteiger partial charge on any atom is 0.418 e. The Balaban J connectivity index is 1.95. The lowest BCUT2D eigenvalue weighted by Gasteiger charge is -2.34. The van der Waals surface area contributed by atoms with Crippen molar-refractivity contribution in [2.75, 3.05) is 18.4 Å². The van der Waals surface area contributed by atoms with E-state index in [9.17, 15) is 22.8 Å². The van der Waals surface area contributed by atoms with E-state index in [0.29, 0.717) is 0 Å². The summed E-state index contributed by atoms with van der Waals surface area (Å²) in [6.45, 7) is 3.45. The van der Waals surface area contributed by atoms with Gasteiger partial charge < -0.3 is 14.8 Å². The molecule has 12 heteroatoms. The second-order valence-electron chi connectivity index (χ2n) is 8.22. The molecule has 1 aliphatic heterocycles. The highest BCUT2D eigenvalue weighted by molar-refractivity contribution is 6.42. The molecule has 0 spiro atoms. The van der Waals surface area contributed by atoms with Gasteiger partial charge in [-0.2, -0.15) is 13.2 Å². The standard InChI is InChI=1S/C23H18Cl2F4N4O2/c1-3-17(34)33-7-6-22(10-33,18-16(26)5-4-15(24)19(18)25)31-12-8-13-20(14(9-12)23(27,28)29)30-11-32(2)21(13)35/h3-5,8-9,11,31H,1,6-7,10H2,2H3/t22-/m0/s1. The van der Waals surface area contributed by atoms with Crippen LogP contribution >= 0.6 is 23.2 Å². The van der Waals surface area contributed by atoms with Crippen molar-refractivity contribution in [2.45, 2.75) is 18.1 Å². The number of hydrogen-bond acceptors (Lipinski definition) is 4. The lowest BCUT2D eigenvalue weighted by atomic mass is 9.87. The van der Waals surface area contributed by atoms with Gasteiger partial charge >= 0.3 is 6.18 Å². The van der Waals surface area contributed by atoms with Crippen molar-refractivity contribution in [1.29, 1.82) is 0 Å². The fourth-order valence-corrected chi connectivity index (χ4v) is 4.84. The number of benzene rings is 2. The number of alkyl halides is 3. The molecular weight excluding hydrogens is 511 g/mol. The first-order chi connectivity index (χ1) is 16.4. The summed E-state index contributed by atoms with van der Waals surface area (Å²) in [5, 5.41) is 2.57. The predicted molar refractivity (Wildman–Crippen MR) is 125 cm³/mol. The van der Waals surface area contributed by atoms with Crippen LogP contribution in [-0.2, 0) is 23.6 Å². The molecule has 0 aliphatic carbocycles. The minimum absolute atomic E-state index is 0.0327. The van der Waals surface area contributed by atoms with E-state index in [-0.39, 0.29) is 46.2 Å². The molecule has 1 fully saturated rings. The molecule has 4 rings (SSSR count). The second kappa shape index (κ2) is 8.83. The van der Waals surface area contributed by atoms with Crippen molar-refractivity contribution >= 4 is 45.7 Å². The second-order valence-corrected chi connectivity index (χ2v) is 9.00. The number of nitrogens with one attached hydrogen (secondary N) is 1. The topological polar surface area (TPSA) is 67.2 Å². The summed E-state index contributed by atoms with van der Waals surface area (Å²) in [6.07, 6.45) is -2.65. The fraction of sp³-hybridized carbons (Fsp3) is 0.261. The zero-order valence-corrected chi connectivity index (χ0v) is 19.7. The Morgan fingerprint density at radius 1 is 1.29 bits per heavy atom. The molecule has 1 saturated heterocycles. The first-order valence-corrected chi connectivity index (χ1v) is 11.0. The molecule has 2 aromatic carbocycles. The Kier molecular flexibility index (Phi) is 6.31. The number of carbonyl (C=O) groups is 1. The minimum atomic E-state index is -4.83. The van der Waals surface area contributed by atoms with Crippen LogP contribution in [0.3, 0.4) is 0 Å². The van der Waals surface area contributed by atoms with Gasteiger partial charge in [-0.15, -0.1) is 0 Å². The highest BCUT2D eigenvalue weighted by atomic mass is 35.5. The van der Waals surface area contributed by atoms with Crippen LogP contribution in [0.4, 0.5) is 23.2 Å². The van der Waals surface area contributed by atoms with Crippen molar-refractivity contribution < 1.29 is 22.4 Å². The Hall–Kier alpha value is -3.11. The molecule has 0 saturated carbocycles. The number of halogens is 6. The summed E-state index contributed by atoms with van der Waals surface area (Å²) >= 11 is 12.5. The minimum Gasteiger partial charge on any atom is -0.374 e. The van der Waals surface area contributed by atoms with Crippen LogP contribution < -0.4 is 10.9 Å². The Morgan fingerprint density at radius 2 is 2.00 bits per heavy atom. The molecule has 0 unspecified atom stereocenters. The molecule has 184 valence electrons. The largest absolute Gasteiger partial charge is 0.418 e. The fourth-order valence-electron chi connectivity index (χ4n) is 4.35. The van der Waals surface area contributed by atoms with Crippen molar-refractivity contribution in [3.8, 4) is 0 Å². The molecular formula is C23H18Cl2F4N4O2. The number of anilines is 1. The molecule has 2 heterocycles. The number of carbonyl (C=O) groups excluding carboxylic acids is 1. The normalized spacial score (nSPS) is 18.2. The number of aryl methyl sites for hydroxylation is 1. The van der Waals surface area contributed by atoms with Gasteiger partial charge in [-0.05, 0) is 36.8 Å². The lowest BCUT2D eigenvalue weighted by Crippen LogP contribution is -2.41. The number of rotatable bonds is 4. The number of hydrogen-bond donors (Lipinski definition) is 1. The van der Waals surface area contributed by atoms with Crippen LogP contribution in [0.25, 0.3) is 10.9 Å². The molecule has 1 atom stereocenters. The summed E-state index contributed by atoms with van der Waals surface area (Å²) in [6, 6.07) is 4.36. The molecule has 1 aromatic heterocycles. The number of amides is 1. The SMILES string of the molecule is C=CC(=O)N1CC[C@@](Nc2cc(C(F)(F)F)c3ncn(C)c(=O)c3c2)(c2c(F)ccc(Cl)c2Cl)C1. The third-order valence-corrected chi connectivity index (χ3v) is 6.79. The van der Waals surface area contributed by atoms with Crippen LogP contribution in [0.15, 0.2) is 48.0 Å². The van der Waals surface area contributed by atoms with Crippen LogP contribution in [0.1, 0.15) is 17.5 Å². The average Bonchev–Trinajstić information content (AvgIpc) is 3.22. The molecule has 35 heavy (non-hydrogen) atoms. The van der Waals surface area contributed by atoms with Crippen LogP contribution in [-0.4, -0.2) is 33.4 Å². The van der Waals surface area contributed by atoms with E-state index in [1.165, 1.54) is 24.1 Å².